The Hall–Kier alpha value is -2.28. The van der Waals surface area contributed by atoms with Crippen LogP contribution in [0.3, 0.4) is 0 Å². The second-order valence-corrected chi connectivity index (χ2v) is 7.27. The van der Waals surface area contributed by atoms with Gasteiger partial charge in [-0.15, -0.1) is 0 Å². The van der Waals surface area contributed by atoms with E-state index >= 15 is 0 Å². The Labute approximate surface area is 156 Å². The number of anilines is 1. The molecule has 0 radical (unpaired) electrons. The Kier molecular flexibility index (Phi) is 8.92. The first-order chi connectivity index (χ1) is 12.2. The van der Waals surface area contributed by atoms with Crippen molar-refractivity contribution in [2.75, 3.05) is 18.4 Å². The summed E-state index contributed by atoms with van der Waals surface area (Å²) < 4.78 is 5.22. The average molecular weight is 364 g/mol. The van der Waals surface area contributed by atoms with Crippen LogP contribution in [0, 0.1) is 6.92 Å². The van der Waals surface area contributed by atoms with E-state index in [2.05, 4.69) is 16.0 Å². The minimum absolute atomic E-state index is 0.134. The third kappa shape index (κ3) is 9.27. The van der Waals surface area contributed by atoms with Crippen LogP contribution in [0.25, 0.3) is 0 Å². The number of benzene rings is 1. The highest BCUT2D eigenvalue weighted by atomic mass is 16.6. The zero-order chi connectivity index (χ0) is 19.6. The van der Waals surface area contributed by atoms with Crippen molar-refractivity contribution in [2.45, 2.75) is 58.6 Å². The van der Waals surface area contributed by atoms with Crippen molar-refractivity contribution in [3.63, 3.8) is 0 Å². The molecule has 0 heterocycles. The van der Waals surface area contributed by atoms with Crippen molar-refractivity contribution in [3.8, 4) is 0 Å². The summed E-state index contributed by atoms with van der Waals surface area (Å²) in [4.78, 5) is 23.6. The number of carbonyl (C=O) groups is 2. The van der Waals surface area contributed by atoms with Crippen LogP contribution in [0.5, 0.6) is 0 Å². The van der Waals surface area contributed by atoms with Crippen LogP contribution >= 0.6 is 0 Å². The number of aryl methyl sites for hydroxylation is 1. The Balaban J connectivity index is 2.21. The molecular weight excluding hydrogens is 332 g/mol. The summed E-state index contributed by atoms with van der Waals surface area (Å²) in [6.07, 6.45) is 1.91. The maximum absolute atomic E-state index is 11.9. The predicted octanol–water partition coefficient (Wildman–Crippen LogP) is 3.14. The largest absolute Gasteiger partial charge is 0.444 e. The molecule has 1 aromatic carbocycles. The van der Waals surface area contributed by atoms with Gasteiger partial charge in [0, 0.05) is 24.8 Å². The average Bonchev–Trinajstić information content (AvgIpc) is 2.53. The van der Waals surface area contributed by atoms with E-state index in [-0.39, 0.29) is 12.1 Å². The molecule has 0 spiro atoms. The zero-order valence-corrected chi connectivity index (χ0v) is 16.2. The molecule has 146 valence electrons. The molecule has 1 aromatic rings. The van der Waals surface area contributed by atoms with Gasteiger partial charge in [-0.1, -0.05) is 18.2 Å². The van der Waals surface area contributed by atoms with Gasteiger partial charge in [0.05, 0.1) is 0 Å². The normalized spacial score (nSPS) is 12.2. The van der Waals surface area contributed by atoms with E-state index in [0.717, 1.165) is 30.5 Å². The van der Waals surface area contributed by atoms with E-state index in [1.54, 1.807) is 0 Å². The number of para-hydroxylation sites is 1. The maximum Gasteiger partial charge on any atom is 0.407 e. The summed E-state index contributed by atoms with van der Waals surface area (Å²) in [5.41, 5.74) is 6.98. The summed E-state index contributed by atoms with van der Waals surface area (Å²) in [5, 5.41) is 8.43. The molecule has 7 nitrogen and oxygen atoms in total. The Morgan fingerprint density at radius 3 is 2.50 bits per heavy atom. The lowest BCUT2D eigenvalue weighted by atomic mass is 10.1. The molecule has 0 aliphatic rings. The zero-order valence-electron chi connectivity index (χ0n) is 16.2. The Bertz CT molecular complexity index is 584. The van der Waals surface area contributed by atoms with Gasteiger partial charge >= 0.3 is 12.1 Å². The molecule has 0 bridgehead atoms. The van der Waals surface area contributed by atoms with Crippen molar-refractivity contribution < 1.29 is 14.3 Å². The quantitative estimate of drug-likeness (QED) is 0.532. The highest BCUT2D eigenvalue weighted by molar-refractivity contribution is 5.89. The third-order valence-corrected chi connectivity index (χ3v) is 3.66. The van der Waals surface area contributed by atoms with Crippen molar-refractivity contribution in [3.05, 3.63) is 29.8 Å². The van der Waals surface area contributed by atoms with Crippen molar-refractivity contribution in [2.24, 2.45) is 5.73 Å². The van der Waals surface area contributed by atoms with Crippen LogP contribution in [0.4, 0.5) is 15.3 Å². The van der Waals surface area contributed by atoms with Gasteiger partial charge in [0.15, 0.2) is 0 Å². The molecular formula is C19H32N4O3. The highest BCUT2D eigenvalue weighted by Gasteiger charge is 2.18. The molecule has 26 heavy (non-hydrogen) atoms. The highest BCUT2D eigenvalue weighted by Crippen LogP contribution is 2.12. The van der Waals surface area contributed by atoms with E-state index in [1.807, 2.05) is 52.0 Å². The summed E-state index contributed by atoms with van der Waals surface area (Å²) in [5.74, 6) is 0. The lowest BCUT2D eigenvalue weighted by Gasteiger charge is -2.23. The van der Waals surface area contributed by atoms with Crippen LogP contribution in [-0.4, -0.2) is 36.9 Å². The molecule has 5 N–H and O–H groups in total. The van der Waals surface area contributed by atoms with Crippen molar-refractivity contribution in [1.82, 2.24) is 10.6 Å². The number of alkyl carbamates (subject to hydrolysis) is 1. The van der Waals surface area contributed by atoms with Gasteiger partial charge in [-0.3, -0.25) is 0 Å². The molecule has 3 amide bonds. The molecule has 0 unspecified atom stereocenters. The molecule has 0 aliphatic carbocycles. The number of unbranched alkanes of at least 4 members (excludes halogenated alkanes) is 1. The standard InChI is InChI=1S/C19H32N4O3/c1-14-9-5-6-11-16(14)23-17(24)21-12-8-7-10-15(13-20)22-18(25)26-19(2,3)4/h5-6,9,11,15H,7-8,10,12-13,20H2,1-4H3,(H,22,25)(H2,21,23,24)/t15-/m0/s1. The number of urea groups is 1. The number of nitrogens with one attached hydrogen (secondary N) is 3. The van der Waals surface area contributed by atoms with Gasteiger partial charge in [0.25, 0.3) is 0 Å². The van der Waals surface area contributed by atoms with E-state index < -0.39 is 11.7 Å². The number of rotatable bonds is 8. The van der Waals surface area contributed by atoms with E-state index in [0.29, 0.717) is 13.1 Å². The van der Waals surface area contributed by atoms with E-state index in [4.69, 9.17) is 10.5 Å². The molecule has 7 heteroatoms. The predicted molar refractivity (Wildman–Crippen MR) is 104 cm³/mol. The van der Waals surface area contributed by atoms with Gasteiger partial charge in [-0.2, -0.15) is 0 Å². The van der Waals surface area contributed by atoms with Gasteiger partial charge in [0.1, 0.15) is 5.60 Å². The molecule has 1 rings (SSSR count). The number of ether oxygens (including phenoxy) is 1. The maximum atomic E-state index is 11.9. The number of hydrogen-bond acceptors (Lipinski definition) is 4. The molecule has 0 aromatic heterocycles. The number of hydrogen-bond donors (Lipinski definition) is 4. The monoisotopic (exact) mass is 364 g/mol. The SMILES string of the molecule is Cc1ccccc1NC(=O)NCCCC[C@@H](CN)NC(=O)OC(C)(C)C. The summed E-state index contributed by atoms with van der Waals surface area (Å²) in [6, 6.07) is 7.26. The fourth-order valence-corrected chi connectivity index (χ4v) is 2.32. The first-order valence-electron chi connectivity index (χ1n) is 9.01. The summed E-state index contributed by atoms with van der Waals surface area (Å²) >= 11 is 0. The smallest absolute Gasteiger partial charge is 0.407 e. The van der Waals surface area contributed by atoms with Crippen LogP contribution in [0.15, 0.2) is 24.3 Å². The lowest BCUT2D eigenvalue weighted by Crippen LogP contribution is -2.43. The van der Waals surface area contributed by atoms with Crippen LogP contribution in [0.1, 0.15) is 45.6 Å². The van der Waals surface area contributed by atoms with Crippen LogP contribution in [0.2, 0.25) is 0 Å². The second-order valence-electron chi connectivity index (χ2n) is 7.27. The first kappa shape index (κ1) is 21.8. The first-order valence-corrected chi connectivity index (χ1v) is 9.01. The molecule has 0 aliphatic heterocycles. The number of amides is 3. The topological polar surface area (TPSA) is 105 Å². The van der Waals surface area contributed by atoms with Crippen LogP contribution in [-0.2, 0) is 4.74 Å². The van der Waals surface area contributed by atoms with E-state index in [9.17, 15) is 9.59 Å². The van der Waals surface area contributed by atoms with Gasteiger partial charge in [-0.05, 0) is 58.6 Å². The third-order valence-electron chi connectivity index (χ3n) is 3.66. The van der Waals surface area contributed by atoms with Gasteiger partial charge in [-0.25, -0.2) is 9.59 Å². The van der Waals surface area contributed by atoms with E-state index in [1.165, 1.54) is 0 Å². The molecule has 0 fully saturated rings. The lowest BCUT2D eigenvalue weighted by molar-refractivity contribution is 0.0503. The van der Waals surface area contributed by atoms with Gasteiger partial charge in [0.2, 0.25) is 0 Å². The Morgan fingerprint density at radius 1 is 1.19 bits per heavy atom. The summed E-state index contributed by atoms with van der Waals surface area (Å²) in [6.45, 7) is 8.30. The van der Waals surface area contributed by atoms with Crippen molar-refractivity contribution >= 4 is 17.8 Å². The molecule has 0 saturated heterocycles. The minimum atomic E-state index is -0.530. The van der Waals surface area contributed by atoms with Crippen molar-refractivity contribution in [1.29, 1.82) is 0 Å². The molecule has 0 saturated carbocycles. The van der Waals surface area contributed by atoms with Gasteiger partial charge < -0.3 is 26.4 Å². The number of nitrogens with two attached hydrogens (primary N) is 1. The Morgan fingerprint density at radius 2 is 1.88 bits per heavy atom. The van der Waals surface area contributed by atoms with Crippen LogP contribution < -0.4 is 21.7 Å². The second kappa shape index (κ2) is 10.7. The molecule has 1 atom stereocenters. The summed E-state index contributed by atoms with van der Waals surface area (Å²) in [7, 11) is 0. The number of carbonyl (C=O) groups excluding carboxylic acids is 2. The minimum Gasteiger partial charge on any atom is -0.444 e. The fraction of sp³-hybridized carbons (Fsp3) is 0.579. The fourth-order valence-electron chi connectivity index (χ4n) is 2.32.